The highest BCUT2D eigenvalue weighted by molar-refractivity contribution is 9.10. The molecule has 0 radical (unpaired) electrons. The Labute approximate surface area is 152 Å². The number of hydrogen-bond acceptors (Lipinski definition) is 4. The molecule has 1 heterocycles. The number of nitrogens with zero attached hydrogens (tertiary/aromatic N) is 3. The largest absolute Gasteiger partial charge is 0.486 e. The molecule has 0 unspecified atom stereocenters. The number of ether oxygens (including phenoxy) is 1. The summed E-state index contributed by atoms with van der Waals surface area (Å²) < 4.78 is 21.6. The fourth-order valence-corrected chi connectivity index (χ4v) is 3.15. The molecule has 3 aromatic rings. The molecule has 0 atom stereocenters. The highest BCUT2D eigenvalue weighted by atomic mass is 79.9. The smallest absolute Gasteiger partial charge is 0.191 e. The van der Waals surface area contributed by atoms with Crippen LogP contribution in [0.5, 0.6) is 5.75 Å². The zero-order chi connectivity index (χ0) is 16.9. The van der Waals surface area contributed by atoms with Gasteiger partial charge < -0.3 is 9.30 Å². The number of hydrogen-bond donors (Lipinski definition) is 0. The van der Waals surface area contributed by atoms with Gasteiger partial charge in [0.1, 0.15) is 18.2 Å². The molecule has 0 amide bonds. The zero-order valence-corrected chi connectivity index (χ0v) is 15.3. The van der Waals surface area contributed by atoms with E-state index in [1.54, 1.807) is 23.9 Å². The van der Waals surface area contributed by atoms with Gasteiger partial charge in [-0.3, -0.25) is 0 Å². The molecule has 0 saturated heterocycles. The molecule has 2 aromatic carbocycles. The molecule has 0 aliphatic rings. The molecular weight excluding hydrogens is 393 g/mol. The third kappa shape index (κ3) is 4.36. The van der Waals surface area contributed by atoms with Crippen molar-refractivity contribution in [1.82, 2.24) is 14.8 Å². The SMILES string of the molecule is Cn1c(COc2ccc(Br)cc2)nnc1SCc1ccc(F)cc1. The summed E-state index contributed by atoms with van der Waals surface area (Å²) in [5.41, 5.74) is 1.04. The lowest BCUT2D eigenvalue weighted by Gasteiger charge is -2.06. The Balaban J connectivity index is 1.58. The van der Waals surface area contributed by atoms with Gasteiger partial charge in [0.15, 0.2) is 11.0 Å². The van der Waals surface area contributed by atoms with Crippen molar-refractivity contribution in [3.8, 4) is 5.75 Å². The van der Waals surface area contributed by atoms with Gasteiger partial charge in [-0.25, -0.2) is 4.39 Å². The summed E-state index contributed by atoms with van der Waals surface area (Å²) in [4.78, 5) is 0. The lowest BCUT2D eigenvalue weighted by Crippen LogP contribution is -2.04. The summed E-state index contributed by atoms with van der Waals surface area (Å²) in [5.74, 6) is 2.01. The third-order valence-electron chi connectivity index (χ3n) is 3.39. The summed E-state index contributed by atoms with van der Waals surface area (Å²) in [5, 5.41) is 9.16. The van der Waals surface area contributed by atoms with Crippen molar-refractivity contribution in [2.75, 3.05) is 0 Å². The van der Waals surface area contributed by atoms with Gasteiger partial charge in [0.05, 0.1) is 0 Å². The minimum atomic E-state index is -0.227. The van der Waals surface area contributed by atoms with E-state index in [1.807, 2.05) is 35.9 Å². The maximum Gasteiger partial charge on any atom is 0.191 e. The summed E-state index contributed by atoms with van der Waals surface area (Å²) in [6, 6.07) is 14.1. The van der Waals surface area contributed by atoms with E-state index in [0.29, 0.717) is 12.4 Å². The molecular formula is C17H15BrFN3OS. The molecule has 0 aliphatic heterocycles. The molecule has 3 rings (SSSR count). The van der Waals surface area contributed by atoms with Crippen molar-refractivity contribution < 1.29 is 9.13 Å². The van der Waals surface area contributed by atoms with E-state index in [1.165, 1.54) is 12.1 Å². The third-order valence-corrected chi connectivity index (χ3v) is 5.01. The van der Waals surface area contributed by atoms with Crippen LogP contribution in [0.4, 0.5) is 4.39 Å². The van der Waals surface area contributed by atoms with Gasteiger partial charge in [0.2, 0.25) is 0 Å². The van der Waals surface area contributed by atoms with Gasteiger partial charge in [-0.1, -0.05) is 39.8 Å². The number of halogens is 2. The second-order valence-corrected chi connectivity index (χ2v) is 6.97. The van der Waals surface area contributed by atoms with Crippen molar-refractivity contribution in [2.24, 2.45) is 7.05 Å². The summed E-state index contributed by atoms with van der Waals surface area (Å²) in [7, 11) is 1.91. The van der Waals surface area contributed by atoms with Gasteiger partial charge >= 0.3 is 0 Å². The van der Waals surface area contributed by atoms with Crippen LogP contribution in [0.2, 0.25) is 0 Å². The first-order valence-electron chi connectivity index (χ1n) is 7.26. The average molecular weight is 408 g/mol. The molecule has 0 fully saturated rings. The summed E-state index contributed by atoms with van der Waals surface area (Å²) >= 11 is 4.95. The van der Waals surface area contributed by atoms with Crippen LogP contribution < -0.4 is 4.74 Å². The number of aromatic nitrogens is 3. The van der Waals surface area contributed by atoms with E-state index < -0.39 is 0 Å². The standard InChI is InChI=1S/C17H15BrFN3OS/c1-22-16(10-23-15-8-4-13(18)5-9-15)20-21-17(22)24-11-12-2-6-14(19)7-3-12/h2-9H,10-11H2,1H3. The molecule has 4 nitrogen and oxygen atoms in total. The first-order valence-corrected chi connectivity index (χ1v) is 9.03. The molecule has 7 heteroatoms. The molecule has 0 N–H and O–H groups in total. The van der Waals surface area contributed by atoms with E-state index in [0.717, 1.165) is 26.8 Å². The first-order chi connectivity index (χ1) is 11.6. The van der Waals surface area contributed by atoms with Crippen LogP contribution in [0, 0.1) is 5.82 Å². The fourth-order valence-electron chi connectivity index (χ4n) is 2.00. The van der Waals surface area contributed by atoms with E-state index in [2.05, 4.69) is 26.1 Å². The predicted octanol–water partition coefficient (Wildman–Crippen LogP) is 4.59. The predicted molar refractivity (Wildman–Crippen MR) is 95.4 cm³/mol. The molecule has 0 bridgehead atoms. The van der Waals surface area contributed by atoms with Gasteiger partial charge in [0, 0.05) is 17.3 Å². The first kappa shape index (κ1) is 17.0. The van der Waals surface area contributed by atoms with Crippen LogP contribution in [-0.4, -0.2) is 14.8 Å². The fraction of sp³-hybridized carbons (Fsp3) is 0.176. The van der Waals surface area contributed by atoms with E-state index >= 15 is 0 Å². The van der Waals surface area contributed by atoms with Gasteiger partial charge in [-0.2, -0.15) is 0 Å². The maximum atomic E-state index is 12.9. The minimum Gasteiger partial charge on any atom is -0.486 e. The van der Waals surface area contributed by atoms with Gasteiger partial charge in [0.25, 0.3) is 0 Å². The van der Waals surface area contributed by atoms with Crippen LogP contribution in [0.1, 0.15) is 11.4 Å². The second-order valence-electron chi connectivity index (χ2n) is 5.12. The van der Waals surface area contributed by atoms with Crippen LogP contribution >= 0.6 is 27.7 Å². The topological polar surface area (TPSA) is 39.9 Å². The molecule has 0 aliphatic carbocycles. The van der Waals surface area contributed by atoms with Crippen LogP contribution in [0.15, 0.2) is 58.2 Å². The quantitative estimate of drug-likeness (QED) is 0.560. The van der Waals surface area contributed by atoms with Crippen LogP contribution in [0.3, 0.4) is 0 Å². The van der Waals surface area contributed by atoms with Crippen molar-refractivity contribution in [3.63, 3.8) is 0 Å². The molecule has 0 spiro atoms. The van der Waals surface area contributed by atoms with Crippen molar-refractivity contribution >= 4 is 27.7 Å². The Morgan fingerprint density at radius 3 is 2.50 bits per heavy atom. The second kappa shape index (κ2) is 7.81. The lowest BCUT2D eigenvalue weighted by atomic mass is 10.2. The minimum absolute atomic E-state index is 0.227. The van der Waals surface area contributed by atoms with E-state index in [9.17, 15) is 4.39 Å². The van der Waals surface area contributed by atoms with Crippen molar-refractivity contribution in [2.45, 2.75) is 17.5 Å². The highest BCUT2D eigenvalue weighted by Gasteiger charge is 2.10. The van der Waals surface area contributed by atoms with Crippen molar-refractivity contribution in [3.05, 3.63) is 70.2 Å². The molecule has 124 valence electrons. The molecule has 1 aromatic heterocycles. The summed E-state index contributed by atoms with van der Waals surface area (Å²) in [6.45, 7) is 0.349. The lowest BCUT2D eigenvalue weighted by molar-refractivity contribution is 0.290. The molecule has 0 saturated carbocycles. The van der Waals surface area contributed by atoms with E-state index in [4.69, 9.17) is 4.74 Å². The number of thioether (sulfide) groups is 1. The normalized spacial score (nSPS) is 10.8. The maximum absolute atomic E-state index is 12.9. The number of benzene rings is 2. The monoisotopic (exact) mass is 407 g/mol. The Morgan fingerprint density at radius 2 is 1.79 bits per heavy atom. The van der Waals surface area contributed by atoms with Crippen molar-refractivity contribution in [1.29, 1.82) is 0 Å². The Hall–Kier alpha value is -1.86. The summed E-state index contributed by atoms with van der Waals surface area (Å²) in [6.07, 6.45) is 0. The van der Waals surface area contributed by atoms with Crippen LogP contribution in [-0.2, 0) is 19.4 Å². The number of rotatable bonds is 6. The Bertz CT molecular complexity index is 739. The van der Waals surface area contributed by atoms with Gasteiger partial charge in [-0.15, -0.1) is 10.2 Å². The van der Waals surface area contributed by atoms with E-state index in [-0.39, 0.29) is 5.82 Å². The van der Waals surface area contributed by atoms with Crippen LogP contribution in [0.25, 0.3) is 0 Å². The molecule has 24 heavy (non-hydrogen) atoms. The highest BCUT2D eigenvalue weighted by Crippen LogP contribution is 2.22. The van der Waals surface area contributed by atoms with Gasteiger partial charge in [-0.05, 0) is 42.0 Å². The Kier molecular flexibility index (Phi) is 5.52. The Morgan fingerprint density at radius 1 is 1.08 bits per heavy atom. The zero-order valence-electron chi connectivity index (χ0n) is 12.9. The average Bonchev–Trinajstić information content (AvgIpc) is 2.94.